The summed E-state index contributed by atoms with van der Waals surface area (Å²) in [7, 11) is 0. The molecule has 5 atom stereocenters. The Morgan fingerprint density at radius 1 is 0.932 bits per heavy atom. The summed E-state index contributed by atoms with van der Waals surface area (Å²) in [6.45, 7) is 9.40. The molecule has 1 heterocycles. The van der Waals surface area contributed by atoms with Gasteiger partial charge < -0.3 is 30.8 Å². The summed E-state index contributed by atoms with van der Waals surface area (Å²) < 4.78 is 5.48. The quantitative estimate of drug-likeness (QED) is 0.175. The Hall–Kier alpha value is -4.18. The average molecular weight is 606 g/mol. The van der Waals surface area contributed by atoms with Gasteiger partial charge in [0.15, 0.2) is 0 Å². The van der Waals surface area contributed by atoms with Crippen LogP contribution in [0.2, 0.25) is 0 Å². The van der Waals surface area contributed by atoms with Gasteiger partial charge in [0, 0.05) is 18.3 Å². The van der Waals surface area contributed by atoms with E-state index in [9.17, 15) is 19.5 Å². The van der Waals surface area contributed by atoms with E-state index in [4.69, 9.17) is 4.74 Å². The Bertz CT molecular complexity index is 1290. The number of nitrogens with one attached hydrogen (secondary N) is 4. The third-order valence-electron chi connectivity index (χ3n) is 7.46. The van der Waals surface area contributed by atoms with E-state index in [2.05, 4.69) is 25.9 Å². The molecule has 10 nitrogen and oxygen atoms in total. The number of aromatic nitrogens is 2. The maximum Gasteiger partial charge on any atom is 0.407 e. The smallest absolute Gasteiger partial charge is 0.407 e. The number of ether oxygens (including phenoxy) is 1. The number of aromatic amines is 1. The fourth-order valence-corrected chi connectivity index (χ4v) is 4.90. The molecule has 3 aromatic rings. The molecule has 3 amide bonds. The van der Waals surface area contributed by atoms with E-state index in [-0.39, 0.29) is 30.7 Å². The number of imidazole rings is 1. The van der Waals surface area contributed by atoms with E-state index in [1.165, 1.54) is 0 Å². The van der Waals surface area contributed by atoms with Gasteiger partial charge in [-0.1, -0.05) is 80.9 Å². The van der Waals surface area contributed by atoms with E-state index in [0.717, 1.165) is 11.1 Å². The molecule has 0 radical (unpaired) electrons. The van der Waals surface area contributed by atoms with Crippen LogP contribution in [0.25, 0.3) is 0 Å². The van der Waals surface area contributed by atoms with Crippen LogP contribution in [-0.4, -0.2) is 56.8 Å². The molecule has 2 aromatic carbocycles. The van der Waals surface area contributed by atoms with E-state index >= 15 is 0 Å². The third-order valence-corrected chi connectivity index (χ3v) is 7.46. The van der Waals surface area contributed by atoms with Crippen molar-refractivity contribution in [2.45, 2.75) is 90.6 Å². The second-order valence-corrected chi connectivity index (χ2v) is 12.3. The lowest BCUT2D eigenvalue weighted by Gasteiger charge is -2.30. The number of hydrogen-bond donors (Lipinski definition) is 5. The Labute approximate surface area is 260 Å². The van der Waals surface area contributed by atoms with Crippen LogP contribution in [0.3, 0.4) is 0 Å². The van der Waals surface area contributed by atoms with Gasteiger partial charge in [0.2, 0.25) is 11.8 Å². The fourth-order valence-electron chi connectivity index (χ4n) is 4.90. The molecule has 44 heavy (non-hydrogen) atoms. The average Bonchev–Trinajstić information content (AvgIpc) is 3.51. The Balaban J connectivity index is 1.82. The van der Waals surface area contributed by atoms with Crippen molar-refractivity contribution < 1.29 is 24.2 Å². The van der Waals surface area contributed by atoms with Crippen LogP contribution in [-0.2, 0) is 33.7 Å². The maximum absolute atomic E-state index is 13.9. The van der Waals surface area contributed by atoms with Crippen molar-refractivity contribution in [3.8, 4) is 0 Å². The lowest BCUT2D eigenvalue weighted by molar-refractivity contribution is -0.133. The van der Waals surface area contributed by atoms with Gasteiger partial charge in [-0.15, -0.1) is 0 Å². The number of rotatable bonds is 15. The topological polar surface area (TPSA) is 145 Å². The Kier molecular flexibility index (Phi) is 13.0. The van der Waals surface area contributed by atoms with E-state index in [1.807, 2.05) is 74.5 Å². The van der Waals surface area contributed by atoms with Crippen LogP contribution < -0.4 is 16.0 Å². The molecule has 10 heteroatoms. The number of amides is 3. The van der Waals surface area contributed by atoms with Gasteiger partial charge in [0.1, 0.15) is 17.5 Å². The number of aliphatic hydroxyl groups is 1. The summed E-state index contributed by atoms with van der Waals surface area (Å²) in [5, 5.41) is 20.2. The summed E-state index contributed by atoms with van der Waals surface area (Å²) in [5.41, 5.74) is 1.12. The lowest BCUT2D eigenvalue weighted by atomic mass is 9.88. The molecule has 0 bridgehead atoms. The highest BCUT2D eigenvalue weighted by molar-refractivity contribution is 5.88. The standard InChI is InChI=1S/C34H47N5O5/c1-6-23(2)30(32(42)37-22-29-35-17-18-36-29)39-31(41)26(19-24-13-9-7-10-14-24)21-28(40)27(20-25-15-11-8-12-16-25)38-33(43)44-34(3,4)5/h7-18,23,26-28,30,40H,6,19-22H2,1-5H3,(H,35,36)(H,37,42)(H,38,43)(H,39,41)/t23?,26-,27+,28+,30+/m1/s1. The first-order chi connectivity index (χ1) is 20.9. The molecule has 3 rings (SSSR count). The first kappa shape index (κ1) is 34.3. The zero-order chi connectivity index (χ0) is 32.1. The van der Waals surface area contributed by atoms with Crippen molar-refractivity contribution in [3.63, 3.8) is 0 Å². The van der Waals surface area contributed by atoms with Gasteiger partial charge in [-0.25, -0.2) is 9.78 Å². The molecule has 1 aromatic heterocycles. The SMILES string of the molecule is CCC(C)[C@H](NC(=O)[C@H](Cc1ccccc1)C[C@H](O)[C@H](Cc1ccccc1)NC(=O)OC(C)(C)C)C(=O)NCc1ncc[nH]1. The minimum absolute atomic E-state index is 0.0509. The minimum Gasteiger partial charge on any atom is -0.444 e. The van der Waals surface area contributed by atoms with Crippen molar-refractivity contribution >= 4 is 17.9 Å². The predicted molar refractivity (Wildman–Crippen MR) is 169 cm³/mol. The van der Waals surface area contributed by atoms with Crippen molar-refractivity contribution in [1.29, 1.82) is 0 Å². The molecule has 0 aliphatic carbocycles. The zero-order valence-electron chi connectivity index (χ0n) is 26.4. The van der Waals surface area contributed by atoms with Crippen LogP contribution in [0.4, 0.5) is 4.79 Å². The molecule has 238 valence electrons. The number of hydrogen-bond acceptors (Lipinski definition) is 6. The van der Waals surface area contributed by atoms with Crippen LogP contribution in [0, 0.1) is 11.8 Å². The zero-order valence-corrected chi connectivity index (χ0v) is 26.4. The van der Waals surface area contributed by atoms with Crippen LogP contribution in [0.1, 0.15) is 64.4 Å². The second-order valence-electron chi connectivity index (χ2n) is 12.3. The van der Waals surface area contributed by atoms with Gasteiger partial charge in [-0.3, -0.25) is 9.59 Å². The van der Waals surface area contributed by atoms with Crippen molar-refractivity contribution in [2.24, 2.45) is 11.8 Å². The van der Waals surface area contributed by atoms with Gasteiger partial charge in [0.05, 0.1) is 18.7 Å². The number of aliphatic hydroxyl groups excluding tert-OH is 1. The highest BCUT2D eigenvalue weighted by atomic mass is 16.6. The predicted octanol–water partition coefficient (Wildman–Crippen LogP) is 4.30. The number of nitrogens with zero attached hydrogens (tertiary/aromatic N) is 1. The van der Waals surface area contributed by atoms with E-state index < -0.39 is 35.8 Å². The lowest BCUT2D eigenvalue weighted by Crippen LogP contribution is -2.53. The van der Waals surface area contributed by atoms with Gasteiger partial charge >= 0.3 is 6.09 Å². The number of carbonyl (C=O) groups is 3. The van der Waals surface area contributed by atoms with E-state index in [1.54, 1.807) is 33.2 Å². The normalized spacial score (nSPS) is 14.9. The Morgan fingerprint density at radius 2 is 1.55 bits per heavy atom. The summed E-state index contributed by atoms with van der Waals surface area (Å²) in [5.74, 6) is -0.869. The molecule has 0 aliphatic heterocycles. The van der Waals surface area contributed by atoms with Crippen LogP contribution in [0.15, 0.2) is 73.1 Å². The highest BCUT2D eigenvalue weighted by Crippen LogP contribution is 2.20. The Morgan fingerprint density at radius 3 is 2.09 bits per heavy atom. The summed E-state index contributed by atoms with van der Waals surface area (Å²) in [6.07, 6.45) is 2.96. The summed E-state index contributed by atoms with van der Waals surface area (Å²) in [6, 6.07) is 17.6. The molecule has 1 unspecified atom stereocenters. The first-order valence-corrected chi connectivity index (χ1v) is 15.3. The van der Waals surface area contributed by atoms with Crippen LogP contribution >= 0.6 is 0 Å². The molecule has 0 fully saturated rings. The van der Waals surface area contributed by atoms with Crippen molar-refractivity contribution in [3.05, 3.63) is 90.0 Å². The molecule has 0 saturated carbocycles. The van der Waals surface area contributed by atoms with E-state index in [0.29, 0.717) is 25.1 Å². The first-order valence-electron chi connectivity index (χ1n) is 15.3. The molecular formula is C34H47N5O5. The molecule has 0 aliphatic rings. The van der Waals surface area contributed by atoms with Gasteiger partial charge in [-0.2, -0.15) is 0 Å². The summed E-state index contributed by atoms with van der Waals surface area (Å²) in [4.78, 5) is 47.0. The van der Waals surface area contributed by atoms with Crippen molar-refractivity contribution in [1.82, 2.24) is 25.9 Å². The molecular weight excluding hydrogens is 558 g/mol. The number of H-pyrrole nitrogens is 1. The summed E-state index contributed by atoms with van der Waals surface area (Å²) >= 11 is 0. The number of alkyl carbamates (subject to hydrolysis) is 1. The maximum atomic E-state index is 13.9. The number of benzene rings is 2. The minimum atomic E-state index is -1.09. The third kappa shape index (κ3) is 11.5. The van der Waals surface area contributed by atoms with Gasteiger partial charge in [0.25, 0.3) is 0 Å². The second kappa shape index (κ2) is 16.6. The van der Waals surface area contributed by atoms with Gasteiger partial charge in [-0.05, 0) is 57.1 Å². The largest absolute Gasteiger partial charge is 0.444 e. The molecule has 0 spiro atoms. The van der Waals surface area contributed by atoms with Crippen LogP contribution in [0.5, 0.6) is 0 Å². The number of carbonyl (C=O) groups excluding carboxylic acids is 3. The van der Waals surface area contributed by atoms with Crippen molar-refractivity contribution in [2.75, 3.05) is 0 Å². The molecule has 0 saturated heterocycles. The highest BCUT2D eigenvalue weighted by Gasteiger charge is 2.33. The monoisotopic (exact) mass is 605 g/mol. The fraction of sp³-hybridized carbons (Fsp3) is 0.471. The molecule has 5 N–H and O–H groups in total.